The van der Waals surface area contributed by atoms with Gasteiger partial charge in [-0.3, -0.25) is 14.4 Å². The maximum atomic E-state index is 12.5. The summed E-state index contributed by atoms with van der Waals surface area (Å²) in [6, 6.07) is 7.59. The molecule has 1 aliphatic heterocycles. The Morgan fingerprint density at radius 2 is 2.11 bits per heavy atom. The summed E-state index contributed by atoms with van der Waals surface area (Å²) in [5.74, 6) is 1.90. The third-order valence-corrected chi connectivity index (χ3v) is 5.29. The number of amides is 1. The van der Waals surface area contributed by atoms with Crippen molar-refractivity contribution >= 4 is 5.91 Å². The van der Waals surface area contributed by atoms with Crippen molar-refractivity contribution < 1.29 is 13.7 Å². The first kappa shape index (κ1) is 17.2. The van der Waals surface area contributed by atoms with Crippen molar-refractivity contribution in [2.75, 3.05) is 13.6 Å². The summed E-state index contributed by atoms with van der Waals surface area (Å²) in [5, 5.41) is 8.88. The quantitative estimate of drug-likeness (QED) is 0.653. The van der Waals surface area contributed by atoms with Crippen LogP contribution in [-0.4, -0.2) is 44.2 Å². The maximum Gasteiger partial charge on any atom is 0.289 e. The maximum absolute atomic E-state index is 12.5. The summed E-state index contributed by atoms with van der Waals surface area (Å²) in [4.78, 5) is 16.5. The van der Waals surface area contributed by atoms with Crippen molar-refractivity contribution in [2.45, 2.75) is 44.9 Å². The Labute approximate surface area is 162 Å². The lowest BCUT2D eigenvalue weighted by Gasteiger charge is -2.26. The molecular formula is C20H23N5O3. The molecule has 0 radical (unpaired) electrons. The molecule has 8 heteroatoms. The second kappa shape index (κ2) is 6.94. The van der Waals surface area contributed by atoms with Crippen LogP contribution in [0.4, 0.5) is 0 Å². The summed E-state index contributed by atoms with van der Waals surface area (Å²) in [7, 11) is 2.05. The normalized spacial score (nSPS) is 16.6. The summed E-state index contributed by atoms with van der Waals surface area (Å²) >= 11 is 0. The molecule has 0 N–H and O–H groups in total. The zero-order valence-corrected chi connectivity index (χ0v) is 15.9. The Kier molecular flexibility index (Phi) is 4.27. The molecule has 5 rings (SSSR count). The van der Waals surface area contributed by atoms with Crippen molar-refractivity contribution in [2.24, 2.45) is 0 Å². The van der Waals surface area contributed by atoms with Gasteiger partial charge < -0.3 is 13.8 Å². The van der Waals surface area contributed by atoms with E-state index in [1.807, 2.05) is 4.68 Å². The van der Waals surface area contributed by atoms with Gasteiger partial charge in [-0.2, -0.15) is 5.10 Å². The van der Waals surface area contributed by atoms with Gasteiger partial charge in [0, 0.05) is 31.6 Å². The Morgan fingerprint density at radius 1 is 1.25 bits per heavy atom. The standard InChI is InChI=1S/C20H23N5O3/c1-23(12-16-10-19(28-22-16)14-4-5-14)11-15-9-17-13-24(6-7-25(17)21-15)20(26)18-3-2-8-27-18/h2-3,8-10,14H,4-7,11-13H2,1H3. The Balaban J connectivity index is 1.21. The van der Waals surface area contributed by atoms with Gasteiger partial charge in [-0.05, 0) is 38.1 Å². The first-order chi connectivity index (χ1) is 13.7. The lowest BCUT2D eigenvalue weighted by molar-refractivity contribution is 0.0673. The smallest absolute Gasteiger partial charge is 0.289 e. The number of carbonyl (C=O) groups is 1. The Hall–Kier alpha value is -2.87. The van der Waals surface area contributed by atoms with Crippen LogP contribution in [0.2, 0.25) is 0 Å². The molecule has 1 amide bonds. The molecule has 0 bridgehead atoms. The number of fused-ring (bicyclic) bond motifs is 1. The zero-order valence-electron chi connectivity index (χ0n) is 15.9. The molecular weight excluding hydrogens is 358 g/mol. The predicted octanol–water partition coefficient (Wildman–Crippen LogP) is 2.63. The van der Waals surface area contributed by atoms with E-state index in [1.54, 1.807) is 17.0 Å². The average molecular weight is 381 g/mol. The van der Waals surface area contributed by atoms with Gasteiger partial charge in [0.05, 0.1) is 36.4 Å². The fourth-order valence-electron chi connectivity index (χ4n) is 3.70. The summed E-state index contributed by atoms with van der Waals surface area (Å²) in [6.07, 6.45) is 3.95. The van der Waals surface area contributed by atoms with E-state index in [9.17, 15) is 4.79 Å². The molecule has 4 heterocycles. The van der Waals surface area contributed by atoms with Crippen LogP contribution < -0.4 is 0 Å². The van der Waals surface area contributed by atoms with Gasteiger partial charge in [0.2, 0.25) is 0 Å². The van der Waals surface area contributed by atoms with Crippen LogP contribution >= 0.6 is 0 Å². The molecule has 28 heavy (non-hydrogen) atoms. The zero-order chi connectivity index (χ0) is 19.1. The molecule has 1 aliphatic carbocycles. The molecule has 0 saturated heterocycles. The van der Waals surface area contributed by atoms with E-state index in [0.29, 0.717) is 31.3 Å². The van der Waals surface area contributed by atoms with Gasteiger partial charge in [-0.25, -0.2) is 0 Å². The summed E-state index contributed by atoms with van der Waals surface area (Å²) in [5.41, 5.74) is 3.01. The van der Waals surface area contributed by atoms with Crippen molar-refractivity contribution in [3.05, 3.63) is 59.1 Å². The van der Waals surface area contributed by atoms with Crippen LogP contribution in [-0.2, 0) is 26.2 Å². The van der Waals surface area contributed by atoms with Crippen molar-refractivity contribution in [3.63, 3.8) is 0 Å². The molecule has 146 valence electrons. The molecule has 3 aromatic rings. The van der Waals surface area contributed by atoms with Gasteiger partial charge in [-0.15, -0.1) is 0 Å². The molecule has 0 aromatic carbocycles. The first-order valence-electron chi connectivity index (χ1n) is 9.68. The number of hydrogen-bond acceptors (Lipinski definition) is 6. The minimum Gasteiger partial charge on any atom is -0.459 e. The van der Waals surface area contributed by atoms with Crippen molar-refractivity contribution in [1.82, 2.24) is 24.7 Å². The van der Waals surface area contributed by atoms with Gasteiger partial charge >= 0.3 is 0 Å². The first-order valence-corrected chi connectivity index (χ1v) is 9.68. The lowest BCUT2D eigenvalue weighted by atomic mass is 10.2. The van der Waals surface area contributed by atoms with E-state index in [2.05, 4.69) is 29.2 Å². The summed E-state index contributed by atoms with van der Waals surface area (Å²) in [6.45, 7) is 3.31. The lowest BCUT2D eigenvalue weighted by Crippen LogP contribution is -2.38. The number of rotatable bonds is 6. The number of furan rings is 1. The molecule has 0 atom stereocenters. The fourth-order valence-corrected chi connectivity index (χ4v) is 3.70. The van der Waals surface area contributed by atoms with Gasteiger partial charge in [-0.1, -0.05) is 5.16 Å². The number of carbonyl (C=O) groups excluding carboxylic acids is 1. The second-order valence-electron chi connectivity index (χ2n) is 7.72. The predicted molar refractivity (Wildman–Crippen MR) is 99.3 cm³/mol. The van der Waals surface area contributed by atoms with E-state index >= 15 is 0 Å². The van der Waals surface area contributed by atoms with Crippen molar-refractivity contribution in [1.29, 1.82) is 0 Å². The van der Waals surface area contributed by atoms with E-state index < -0.39 is 0 Å². The van der Waals surface area contributed by atoms with E-state index in [-0.39, 0.29) is 5.91 Å². The Bertz CT molecular complexity index is 970. The van der Waals surface area contributed by atoms with E-state index in [0.717, 1.165) is 35.9 Å². The highest BCUT2D eigenvalue weighted by molar-refractivity contribution is 5.91. The molecule has 3 aromatic heterocycles. The highest BCUT2D eigenvalue weighted by atomic mass is 16.5. The van der Waals surface area contributed by atoms with Crippen LogP contribution in [0.15, 0.2) is 39.5 Å². The van der Waals surface area contributed by atoms with E-state index in [4.69, 9.17) is 14.0 Å². The highest BCUT2D eigenvalue weighted by Gasteiger charge is 2.28. The second-order valence-corrected chi connectivity index (χ2v) is 7.72. The monoisotopic (exact) mass is 381 g/mol. The summed E-state index contributed by atoms with van der Waals surface area (Å²) < 4.78 is 12.7. The third kappa shape index (κ3) is 3.47. The van der Waals surface area contributed by atoms with Gasteiger partial charge in [0.15, 0.2) is 5.76 Å². The van der Waals surface area contributed by atoms with Gasteiger partial charge in [0.25, 0.3) is 5.91 Å². The molecule has 1 fully saturated rings. The SMILES string of the molecule is CN(Cc1cc(C2CC2)on1)Cc1cc2n(n1)CCN(C(=O)c1ccco1)C2. The van der Waals surface area contributed by atoms with Crippen LogP contribution in [0.1, 0.15) is 52.2 Å². The molecule has 0 spiro atoms. The number of hydrogen-bond donors (Lipinski definition) is 0. The minimum atomic E-state index is -0.0754. The number of nitrogens with zero attached hydrogens (tertiary/aromatic N) is 5. The fraction of sp³-hybridized carbons (Fsp3) is 0.450. The minimum absolute atomic E-state index is 0.0754. The average Bonchev–Trinajstić information content (AvgIpc) is 3.10. The third-order valence-electron chi connectivity index (χ3n) is 5.29. The van der Waals surface area contributed by atoms with Crippen LogP contribution in [0.25, 0.3) is 0 Å². The topological polar surface area (TPSA) is 80.5 Å². The molecule has 1 saturated carbocycles. The van der Waals surface area contributed by atoms with Crippen molar-refractivity contribution in [3.8, 4) is 0 Å². The Morgan fingerprint density at radius 3 is 2.89 bits per heavy atom. The molecule has 8 nitrogen and oxygen atoms in total. The highest BCUT2D eigenvalue weighted by Crippen LogP contribution is 2.40. The van der Waals surface area contributed by atoms with Crippen LogP contribution in [0.3, 0.4) is 0 Å². The largest absolute Gasteiger partial charge is 0.459 e. The molecule has 2 aliphatic rings. The molecule has 0 unspecified atom stereocenters. The van der Waals surface area contributed by atoms with Crippen LogP contribution in [0.5, 0.6) is 0 Å². The van der Waals surface area contributed by atoms with Gasteiger partial charge in [0.1, 0.15) is 5.76 Å². The number of aromatic nitrogens is 3. The van der Waals surface area contributed by atoms with E-state index in [1.165, 1.54) is 19.1 Å². The van der Waals surface area contributed by atoms with Crippen LogP contribution in [0, 0.1) is 0 Å².